The number of sulfonamides is 1. The molecule has 1 amide bonds. The minimum absolute atomic E-state index is 0.0103. The van der Waals surface area contributed by atoms with Crippen molar-refractivity contribution >= 4 is 15.9 Å². The number of aryl methyl sites for hydroxylation is 1. The second-order valence-electron chi connectivity index (χ2n) is 3.95. The number of carbonyl (C=O) groups is 1. The molecule has 0 radical (unpaired) electrons. The first kappa shape index (κ1) is 14.1. The highest BCUT2D eigenvalue weighted by Crippen LogP contribution is 2.14. The van der Waals surface area contributed by atoms with Crippen molar-refractivity contribution in [2.45, 2.75) is 11.8 Å². The lowest BCUT2D eigenvalue weighted by Gasteiger charge is -2.07. The second kappa shape index (κ2) is 5.35. The summed E-state index contributed by atoms with van der Waals surface area (Å²) in [5, 5.41) is 9.10. The zero-order valence-electron chi connectivity index (χ0n) is 10.5. The molecular weight excluding hydrogens is 284 g/mol. The molecule has 3 N–H and O–H groups in total. The van der Waals surface area contributed by atoms with Gasteiger partial charge in [-0.1, -0.05) is 0 Å². The topological polar surface area (TPSA) is 109 Å². The van der Waals surface area contributed by atoms with Crippen LogP contribution < -0.4 is 10.3 Å². The maximum absolute atomic E-state index is 11.9. The molecule has 0 saturated carbocycles. The van der Waals surface area contributed by atoms with Crippen LogP contribution in [-0.4, -0.2) is 19.4 Å². The number of rotatable bonds is 4. The van der Waals surface area contributed by atoms with E-state index < -0.39 is 15.9 Å². The molecule has 2 rings (SSSR count). The molecule has 0 aliphatic rings. The van der Waals surface area contributed by atoms with Crippen LogP contribution in [0.3, 0.4) is 0 Å². The molecule has 0 aliphatic carbocycles. The number of nitrogens with one attached hydrogen (secondary N) is 2. The lowest BCUT2D eigenvalue weighted by atomic mass is 10.2. The van der Waals surface area contributed by atoms with Gasteiger partial charge in [0.1, 0.15) is 16.4 Å². The van der Waals surface area contributed by atoms with E-state index in [0.29, 0.717) is 0 Å². The van der Waals surface area contributed by atoms with Gasteiger partial charge in [-0.05, 0) is 37.3 Å². The van der Waals surface area contributed by atoms with E-state index in [1.807, 2.05) is 4.83 Å². The predicted molar refractivity (Wildman–Crippen MR) is 69.3 cm³/mol. The first-order valence-electron chi connectivity index (χ1n) is 5.55. The van der Waals surface area contributed by atoms with Crippen molar-refractivity contribution in [1.82, 2.24) is 10.3 Å². The number of amides is 1. The monoisotopic (exact) mass is 296 g/mol. The minimum Gasteiger partial charge on any atom is -0.508 e. The molecule has 20 heavy (non-hydrogen) atoms. The van der Waals surface area contributed by atoms with Gasteiger partial charge >= 0.3 is 0 Å². The van der Waals surface area contributed by atoms with E-state index in [1.54, 1.807) is 0 Å². The van der Waals surface area contributed by atoms with Crippen LogP contribution in [0, 0.1) is 6.92 Å². The maximum atomic E-state index is 11.9. The number of carbonyl (C=O) groups excluding carboxylic acids is 1. The van der Waals surface area contributed by atoms with E-state index in [0.717, 1.165) is 0 Å². The molecule has 0 spiro atoms. The lowest BCUT2D eigenvalue weighted by molar-refractivity contribution is 0.0945. The standard InChI is InChI=1S/C12H12N2O5S/c1-8-11(6-7-19-8)20(17,18)14-13-12(16)9-2-4-10(15)5-3-9/h2-7,14-15H,1H3,(H,13,16). The second-order valence-corrected chi connectivity index (χ2v) is 5.60. The summed E-state index contributed by atoms with van der Waals surface area (Å²) in [6, 6.07) is 6.65. The van der Waals surface area contributed by atoms with Gasteiger partial charge in [0.25, 0.3) is 15.9 Å². The van der Waals surface area contributed by atoms with Crippen molar-refractivity contribution in [3.8, 4) is 5.75 Å². The van der Waals surface area contributed by atoms with Gasteiger partial charge < -0.3 is 9.52 Å². The van der Waals surface area contributed by atoms with Crippen LogP contribution in [0.15, 0.2) is 45.9 Å². The molecule has 0 bridgehead atoms. The SMILES string of the molecule is Cc1occc1S(=O)(=O)NNC(=O)c1ccc(O)cc1. The van der Waals surface area contributed by atoms with Gasteiger partial charge in [0.15, 0.2) is 0 Å². The Bertz CT molecular complexity index is 719. The van der Waals surface area contributed by atoms with Crippen LogP contribution in [0.2, 0.25) is 0 Å². The number of phenolic OH excluding ortho intramolecular Hbond substituents is 1. The molecule has 1 aromatic carbocycles. The van der Waals surface area contributed by atoms with Gasteiger partial charge in [-0.2, -0.15) is 0 Å². The van der Waals surface area contributed by atoms with Crippen LogP contribution in [-0.2, 0) is 10.0 Å². The van der Waals surface area contributed by atoms with E-state index in [4.69, 9.17) is 9.52 Å². The molecule has 1 heterocycles. The fourth-order valence-corrected chi connectivity index (χ4v) is 2.50. The Morgan fingerprint density at radius 1 is 1.20 bits per heavy atom. The summed E-state index contributed by atoms with van der Waals surface area (Å²) in [4.78, 5) is 13.6. The smallest absolute Gasteiger partial charge is 0.266 e. The molecule has 0 saturated heterocycles. The first-order chi connectivity index (χ1) is 9.40. The van der Waals surface area contributed by atoms with Crippen LogP contribution in [0.1, 0.15) is 16.1 Å². The zero-order valence-corrected chi connectivity index (χ0v) is 11.3. The van der Waals surface area contributed by atoms with Crippen molar-refractivity contribution in [3.63, 3.8) is 0 Å². The molecule has 2 aromatic rings. The van der Waals surface area contributed by atoms with Crippen molar-refractivity contribution in [2.24, 2.45) is 0 Å². The van der Waals surface area contributed by atoms with E-state index in [1.165, 1.54) is 43.5 Å². The van der Waals surface area contributed by atoms with Crippen molar-refractivity contribution in [3.05, 3.63) is 47.9 Å². The maximum Gasteiger partial charge on any atom is 0.266 e. The van der Waals surface area contributed by atoms with Crippen molar-refractivity contribution in [2.75, 3.05) is 0 Å². The number of phenols is 1. The van der Waals surface area contributed by atoms with Gasteiger partial charge in [0, 0.05) is 5.56 Å². The third-order valence-electron chi connectivity index (χ3n) is 2.53. The predicted octanol–water partition coefficient (Wildman–Crippen LogP) is 0.917. The normalized spacial score (nSPS) is 11.2. The van der Waals surface area contributed by atoms with Crippen molar-refractivity contribution < 1.29 is 22.7 Å². The summed E-state index contributed by atoms with van der Waals surface area (Å²) >= 11 is 0. The van der Waals surface area contributed by atoms with Gasteiger partial charge in [-0.15, -0.1) is 4.83 Å². The Balaban J connectivity index is 2.07. The van der Waals surface area contributed by atoms with Crippen LogP contribution in [0.25, 0.3) is 0 Å². The molecule has 0 aliphatic heterocycles. The first-order valence-corrected chi connectivity index (χ1v) is 7.04. The van der Waals surface area contributed by atoms with Gasteiger partial charge in [0.05, 0.1) is 6.26 Å². The number of hydrogen-bond donors (Lipinski definition) is 3. The summed E-state index contributed by atoms with van der Waals surface area (Å²) in [6.07, 6.45) is 1.24. The molecule has 1 aromatic heterocycles. The Morgan fingerprint density at radius 3 is 2.40 bits per heavy atom. The summed E-state index contributed by atoms with van der Waals surface area (Å²) < 4.78 is 28.7. The lowest BCUT2D eigenvalue weighted by Crippen LogP contribution is -2.41. The average Bonchev–Trinajstić information content (AvgIpc) is 2.84. The number of benzene rings is 1. The summed E-state index contributed by atoms with van der Waals surface area (Å²) in [6.45, 7) is 1.50. The van der Waals surface area contributed by atoms with E-state index in [-0.39, 0.29) is 22.0 Å². The van der Waals surface area contributed by atoms with E-state index in [9.17, 15) is 13.2 Å². The highest BCUT2D eigenvalue weighted by molar-refractivity contribution is 7.89. The van der Waals surface area contributed by atoms with E-state index >= 15 is 0 Å². The number of hydrazine groups is 1. The Hall–Kier alpha value is -2.32. The average molecular weight is 296 g/mol. The van der Waals surface area contributed by atoms with Gasteiger partial charge in [-0.3, -0.25) is 10.2 Å². The zero-order chi connectivity index (χ0) is 14.8. The summed E-state index contributed by atoms with van der Waals surface area (Å²) in [7, 11) is -3.88. The van der Waals surface area contributed by atoms with Gasteiger partial charge in [-0.25, -0.2) is 8.42 Å². The summed E-state index contributed by atoms with van der Waals surface area (Å²) in [5.41, 5.74) is 2.28. The number of furan rings is 1. The number of hydrogen-bond acceptors (Lipinski definition) is 5. The van der Waals surface area contributed by atoms with Crippen LogP contribution in [0.4, 0.5) is 0 Å². The Labute approximate surface area is 115 Å². The van der Waals surface area contributed by atoms with Crippen molar-refractivity contribution in [1.29, 1.82) is 0 Å². The molecule has 0 unspecified atom stereocenters. The largest absolute Gasteiger partial charge is 0.508 e. The molecule has 0 fully saturated rings. The molecular formula is C12H12N2O5S. The molecule has 106 valence electrons. The fourth-order valence-electron chi connectivity index (χ4n) is 1.51. The molecule has 8 heteroatoms. The molecule has 0 atom stereocenters. The van der Waals surface area contributed by atoms with E-state index in [2.05, 4.69) is 5.43 Å². The quantitative estimate of drug-likeness (QED) is 0.727. The summed E-state index contributed by atoms with van der Waals surface area (Å²) in [5.74, 6) is -0.415. The highest BCUT2D eigenvalue weighted by atomic mass is 32.2. The number of aromatic hydroxyl groups is 1. The highest BCUT2D eigenvalue weighted by Gasteiger charge is 2.19. The van der Waals surface area contributed by atoms with Gasteiger partial charge in [0.2, 0.25) is 0 Å². The molecule has 7 nitrogen and oxygen atoms in total. The third kappa shape index (κ3) is 2.98. The van der Waals surface area contributed by atoms with Crippen LogP contribution in [0.5, 0.6) is 5.75 Å². The minimum atomic E-state index is -3.88. The third-order valence-corrected chi connectivity index (χ3v) is 3.90. The van der Waals surface area contributed by atoms with Crippen LogP contribution >= 0.6 is 0 Å². The fraction of sp³-hybridized carbons (Fsp3) is 0.0833. The Morgan fingerprint density at radius 2 is 1.85 bits per heavy atom. The Kier molecular flexibility index (Phi) is 3.77.